The van der Waals surface area contributed by atoms with E-state index in [1.165, 1.54) is 5.57 Å². The first kappa shape index (κ1) is 14.4. The summed E-state index contributed by atoms with van der Waals surface area (Å²) in [5.74, 6) is 0.753. The third-order valence-electron chi connectivity index (χ3n) is 3.95. The first-order valence-electron chi connectivity index (χ1n) is 7.30. The van der Waals surface area contributed by atoms with Gasteiger partial charge in [0.25, 0.3) is 0 Å². The summed E-state index contributed by atoms with van der Waals surface area (Å²) in [6.45, 7) is 2.95. The maximum Gasteiger partial charge on any atom is 0.227 e. The summed E-state index contributed by atoms with van der Waals surface area (Å²) in [4.78, 5) is 12.3. The van der Waals surface area contributed by atoms with Crippen molar-refractivity contribution in [3.63, 3.8) is 0 Å². The number of ether oxygens (including phenoxy) is 1. The minimum atomic E-state index is -0.140. The van der Waals surface area contributed by atoms with Gasteiger partial charge in [0.05, 0.1) is 5.92 Å². The van der Waals surface area contributed by atoms with E-state index in [4.69, 9.17) is 16.3 Å². The number of rotatable bonds is 3. The molecule has 1 amide bonds. The Balaban J connectivity index is 1.57. The van der Waals surface area contributed by atoms with Gasteiger partial charge < -0.3 is 15.4 Å². The molecule has 0 saturated heterocycles. The standard InChI is InChI=1S/C16H19ClN2O2/c17-14-1-2-15-12(8-14)7-13(10-21-15)16(20)19-9-11-3-5-18-6-4-11/h1-3,8,13,18H,4-7,9-10H2,(H,19,20). The van der Waals surface area contributed by atoms with Gasteiger partial charge in [-0.1, -0.05) is 23.3 Å². The summed E-state index contributed by atoms with van der Waals surface area (Å²) >= 11 is 6.00. The van der Waals surface area contributed by atoms with Crippen molar-refractivity contribution < 1.29 is 9.53 Å². The second kappa shape index (κ2) is 6.50. The Morgan fingerprint density at radius 3 is 3.19 bits per heavy atom. The van der Waals surface area contributed by atoms with E-state index in [1.807, 2.05) is 18.2 Å². The van der Waals surface area contributed by atoms with Gasteiger partial charge in [0.15, 0.2) is 0 Å². The Labute approximate surface area is 129 Å². The smallest absolute Gasteiger partial charge is 0.227 e. The highest BCUT2D eigenvalue weighted by Gasteiger charge is 2.26. The predicted octanol–water partition coefficient (Wildman–Crippen LogP) is 1.93. The van der Waals surface area contributed by atoms with Gasteiger partial charge in [0.2, 0.25) is 5.91 Å². The van der Waals surface area contributed by atoms with Crippen LogP contribution in [-0.2, 0) is 11.2 Å². The number of carbonyl (C=O) groups is 1. The van der Waals surface area contributed by atoms with Crippen LogP contribution in [0.5, 0.6) is 5.75 Å². The van der Waals surface area contributed by atoms with Crippen LogP contribution >= 0.6 is 11.6 Å². The summed E-state index contributed by atoms with van der Waals surface area (Å²) in [6.07, 6.45) is 3.83. The van der Waals surface area contributed by atoms with Crippen molar-refractivity contribution in [3.05, 3.63) is 40.4 Å². The Hall–Kier alpha value is -1.52. The lowest BCUT2D eigenvalue weighted by Crippen LogP contribution is -2.38. The van der Waals surface area contributed by atoms with Crippen LogP contribution in [0.1, 0.15) is 12.0 Å². The molecule has 4 nitrogen and oxygen atoms in total. The van der Waals surface area contributed by atoms with Crippen LogP contribution in [0.25, 0.3) is 0 Å². The van der Waals surface area contributed by atoms with E-state index >= 15 is 0 Å². The molecule has 3 rings (SSSR count). The van der Waals surface area contributed by atoms with Crippen LogP contribution < -0.4 is 15.4 Å². The van der Waals surface area contributed by atoms with Crippen molar-refractivity contribution in [2.75, 3.05) is 26.2 Å². The van der Waals surface area contributed by atoms with Crippen LogP contribution in [0.4, 0.5) is 0 Å². The lowest BCUT2D eigenvalue weighted by atomic mass is 9.96. The summed E-state index contributed by atoms with van der Waals surface area (Å²) in [7, 11) is 0. The van der Waals surface area contributed by atoms with Gasteiger partial charge in [-0.3, -0.25) is 4.79 Å². The molecule has 0 spiro atoms. The van der Waals surface area contributed by atoms with E-state index in [2.05, 4.69) is 16.7 Å². The summed E-state index contributed by atoms with van der Waals surface area (Å²) in [6, 6.07) is 5.56. The Kier molecular flexibility index (Phi) is 4.46. The molecule has 1 aromatic carbocycles. The fraction of sp³-hybridized carbons (Fsp3) is 0.438. The predicted molar refractivity (Wildman–Crippen MR) is 82.7 cm³/mol. The second-order valence-electron chi connectivity index (χ2n) is 5.50. The van der Waals surface area contributed by atoms with E-state index < -0.39 is 0 Å². The molecule has 2 aliphatic rings. The number of hydrogen-bond acceptors (Lipinski definition) is 3. The number of halogens is 1. The number of amides is 1. The topological polar surface area (TPSA) is 50.4 Å². The van der Waals surface area contributed by atoms with E-state index in [0.29, 0.717) is 24.6 Å². The highest BCUT2D eigenvalue weighted by molar-refractivity contribution is 6.30. The SMILES string of the molecule is O=C(NCC1=CCNCC1)C1COc2ccc(Cl)cc2C1. The Morgan fingerprint density at radius 1 is 1.48 bits per heavy atom. The van der Waals surface area contributed by atoms with E-state index in [-0.39, 0.29) is 11.8 Å². The van der Waals surface area contributed by atoms with Crippen LogP contribution in [0.15, 0.2) is 29.8 Å². The number of carbonyl (C=O) groups excluding carboxylic acids is 1. The minimum absolute atomic E-state index is 0.0556. The molecule has 1 unspecified atom stereocenters. The molecule has 2 N–H and O–H groups in total. The normalized spacial score (nSPS) is 21.0. The molecule has 0 bridgehead atoms. The maximum absolute atomic E-state index is 12.3. The molecule has 5 heteroatoms. The van der Waals surface area contributed by atoms with Gasteiger partial charge in [0.1, 0.15) is 12.4 Å². The second-order valence-corrected chi connectivity index (χ2v) is 5.93. The van der Waals surface area contributed by atoms with Gasteiger partial charge in [-0.25, -0.2) is 0 Å². The molecule has 21 heavy (non-hydrogen) atoms. The quantitative estimate of drug-likeness (QED) is 0.839. The van der Waals surface area contributed by atoms with Gasteiger partial charge in [-0.2, -0.15) is 0 Å². The summed E-state index contributed by atoms with van der Waals surface area (Å²) < 4.78 is 5.66. The summed E-state index contributed by atoms with van der Waals surface area (Å²) in [5.41, 5.74) is 2.30. The highest BCUT2D eigenvalue weighted by atomic mass is 35.5. The number of hydrogen-bond donors (Lipinski definition) is 2. The fourth-order valence-corrected chi connectivity index (χ4v) is 2.90. The van der Waals surface area contributed by atoms with Gasteiger partial charge in [-0.05, 0) is 43.1 Å². The average molecular weight is 307 g/mol. The molecule has 1 aromatic rings. The number of benzene rings is 1. The van der Waals surface area contributed by atoms with Gasteiger partial charge in [-0.15, -0.1) is 0 Å². The molecular formula is C16H19ClN2O2. The molecule has 2 aliphatic heterocycles. The van der Waals surface area contributed by atoms with Crippen molar-refractivity contribution in [2.45, 2.75) is 12.8 Å². The minimum Gasteiger partial charge on any atom is -0.492 e. The Bertz CT molecular complexity index is 571. The van der Waals surface area contributed by atoms with E-state index in [9.17, 15) is 4.79 Å². The molecule has 0 saturated carbocycles. The van der Waals surface area contributed by atoms with Crippen molar-refractivity contribution in [1.82, 2.24) is 10.6 Å². The zero-order chi connectivity index (χ0) is 14.7. The zero-order valence-corrected chi connectivity index (χ0v) is 12.6. The van der Waals surface area contributed by atoms with Crippen LogP contribution in [0, 0.1) is 5.92 Å². The van der Waals surface area contributed by atoms with Gasteiger partial charge in [0, 0.05) is 18.1 Å². The molecule has 0 fully saturated rings. The third kappa shape index (κ3) is 3.57. The van der Waals surface area contributed by atoms with E-state index in [0.717, 1.165) is 30.8 Å². The molecule has 1 atom stereocenters. The summed E-state index contributed by atoms with van der Waals surface area (Å²) in [5, 5.41) is 6.96. The number of fused-ring (bicyclic) bond motifs is 1. The fourth-order valence-electron chi connectivity index (χ4n) is 2.71. The largest absolute Gasteiger partial charge is 0.492 e. The molecule has 2 heterocycles. The Morgan fingerprint density at radius 2 is 2.38 bits per heavy atom. The highest BCUT2D eigenvalue weighted by Crippen LogP contribution is 2.29. The lowest BCUT2D eigenvalue weighted by molar-refractivity contribution is -0.126. The molecule has 112 valence electrons. The monoisotopic (exact) mass is 306 g/mol. The first-order chi connectivity index (χ1) is 10.2. The third-order valence-corrected chi connectivity index (χ3v) is 4.18. The van der Waals surface area contributed by atoms with Gasteiger partial charge >= 0.3 is 0 Å². The zero-order valence-electron chi connectivity index (χ0n) is 11.8. The number of nitrogens with one attached hydrogen (secondary N) is 2. The average Bonchev–Trinajstić information content (AvgIpc) is 2.53. The van der Waals surface area contributed by atoms with Crippen molar-refractivity contribution in [3.8, 4) is 5.75 Å². The van der Waals surface area contributed by atoms with E-state index in [1.54, 1.807) is 0 Å². The molecule has 0 radical (unpaired) electrons. The first-order valence-corrected chi connectivity index (χ1v) is 7.68. The molecular weight excluding hydrogens is 288 g/mol. The molecule has 0 aliphatic carbocycles. The van der Waals surface area contributed by atoms with Crippen molar-refractivity contribution in [2.24, 2.45) is 5.92 Å². The molecule has 0 aromatic heterocycles. The van der Waals surface area contributed by atoms with Crippen molar-refractivity contribution in [1.29, 1.82) is 0 Å². The van der Waals surface area contributed by atoms with Crippen LogP contribution in [0.2, 0.25) is 5.02 Å². The lowest BCUT2D eigenvalue weighted by Gasteiger charge is -2.25. The van der Waals surface area contributed by atoms with Crippen molar-refractivity contribution >= 4 is 17.5 Å². The van der Waals surface area contributed by atoms with Crippen LogP contribution in [0.3, 0.4) is 0 Å². The van der Waals surface area contributed by atoms with Crippen LogP contribution in [-0.4, -0.2) is 32.1 Å². The maximum atomic E-state index is 12.3.